The Morgan fingerprint density at radius 1 is 1.14 bits per heavy atom. The first-order valence-corrected chi connectivity index (χ1v) is 5.08. The third-order valence-corrected chi connectivity index (χ3v) is 2.11. The maximum absolute atomic E-state index is 10.4. The fourth-order valence-corrected chi connectivity index (χ4v) is 1.23. The van der Waals surface area contributed by atoms with E-state index in [1.54, 1.807) is 0 Å². The van der Waals surface area contributed by atoms with E-state index in [0.717, 1.165) is 23.8 Å². The zero-order valence-corrected chi connectivity index (χ0v) is 8.57. The van der Waals surface area contributed by atoms with Gasteiger partial charge in [-0.25, -0.2) is 0 Å². The van der Waals surface area contributed by atoms with Gasteiger partial charge in [-0.2, -0.15) is 0 Å². The van der Waals surface area contributed by atoms with Crippen molar-refractivity contribution in [3.8, 4) is 0 Å². The number of allylic oxidation sites excluding steroid dienone is 1. The van der Waals surface area contributed by atoms with E-state index in [1.807, 2.05) is 24.3 Å². The van der Waals surface area contributed by atoms with Crippen molar-refractivity contribution in [1.29, 1.82) is 0 Å². The molecule has 0 atom stereocenters. The second kappa shape index (κ2) is 6.14. The summed E-state index contributed by atoms with van der Waals surface area (Å²) in [5.41, 5.74) is 1.89. The van der Waals surface area contributed by atoms with Crippen LogP contribution >= 0.6 is 0 Å². The third kappa shape index (κ3) is 3.56. The molecule has 1 aromatic rings. The van der Waals surface area contributed by atoms with Crippen molar-refractivity contribution < 1.29 is 4.79 Å². The van der Waals surface area contributed by atoms with Gasteiger partial charge >= 0.3 is 0 Å². The molecule has 0 aliphatic rings. The predicted octanol–water partition coefficient (Wildman–Crippen LogP) is 3.70. The molecule has 14 heavy (non-hydrogen) atoms. The highest BCUT2D eigenvalue weighted by atomic mass is 16.1. The van der Waals surface area contributed by atoms with Gasteiger partial charge in [0, 0.05) is 5.56 Å². The summed E-state index contributed by atoms with van der Waals surface area (Å²) >= 11 is 0. The van der Waals surface area contributed by atoms with E-state index in [1.165, 1.54) is 12.8 Å². The minimum atomic E-state index is 0.732. The van der Waals surface area contributed by atoms with Crippen LogP contribution in [0.2, 0.25) is 0 Å². The second-order valence-corrected chi connectivity index (χ2v) is 3.33. The highest BCUT2D eigenvalue weighted by Gasteiger charge is 1.88. The van der Waals surface area contributed by atoms with Gasteiger partial charge in [0.1, 0.15) is 6.29 Å². The van der Waals surface area contributed by atoms with Crippen LogP contribution in [-0.4, -0.2) is 6.29 Å². The van der Waals surface area contributed by atoms with Gasteiger partial charge in [0.25, 0.3) is 0 Å². The Labute approximate surface area is 85.5 Å². The lowest BCUT2D eigenvalue weighted by Crippen LogP contribution is -1.78. The van der Waals surface area contributed by atoms with Gasteiger partial charge in [0.2, 0.25) is 0 Å². The van der Waals surface area contributed by atoms with Crippen molar-refractivity contribution in [2.45, 2.75) is 26.2 Å². The number of benzene rings is 1. The van der Waals surface area contributed by atoms with Crippen LogP contribution in [0.1, 0.15) is 42.1 Å². The average Bonchev–Trinajstić information content (AvgIpc) is 2.25. The van der Waals surface area contributed by atoms with Crippen LogP contribution in [0.4, 0.5) is 0 Å². The van der Waals surface area contributed by atoms with Crippen molar-refractivity contribution in [3.05, 3.63) is 41.5 Å². The van der Waals surface area contributed by atoms with Gasteiger partial charge in [0.15, 0.2) is 0 Å². The quantitative estimate of drug-likeness (QED) is 0.508. The first kappa shape index (κ1) is 10.7. The zero-order chi connectivity index (χ0) is 10.2. The molecule has 0 N–H and O–H groups in total. The standard InChI is InChI=1S/C13H16O/c1-2-3-4-5-6-12-7-9-13(11-14)10-8-12/h5-11H,2-4H2,1H3/b6-5-. The highest BCUT2D eigenvalue weighted by Crippen LogP contribution is 2.06. The van der Waals surface area contributed by atoms with E-state index in [0.29, 0.717) is 0 Å². The van der Waals surface area contributed by atoms with Crippen molar-refractivity contribution in [3.63, 3.8) is 0 Å². The van der Waals surface area contributed by atoms with Crippen LogP contribution in [0.3, 0.4) is 0 Å². The second-order valence-electron chi connectivity index (χ2n) is 3.33. The number of hydrogen-bond acceptors (Lipinski definition) is 1. The van der Waals surface area contributed by atoms with Crippen LogP contribution in [-0.2, 0) is 0 Å². The van der Waals surface area contributed by atoms with Crippen LogP contribution in [0.25, 0.3) is 6.08 Å². The molecule has 74 valence electrons. The Bertz CT molecular complexity index is 296. The van der Waals surface area contributed by atoms with E-state index in [-0.39, 0.29) is 0 Å². The van der Waals surface area contributed by atoms with E-state index >= 15 is 0 Å². The zero-order valence-electron chi connectivity index (χ0n) is 8.57. The SMILES string of the molecule is CCCC/C=C\c1ccc(C=O)cc1. The summed E-state index contributed by atoms with van der Waals surface area (Å²) in [7, 11) is 0. The molecule has 0 saturated carbocycles. The Kier molecular flexibility index (Phi) is 4.70. The van der Waals surface area contributed by atoms with Crippen LogP contribution in [0, 0.1) is 0 Å². The lowest BCUT2D eigenvalue weighted by Gasteiger charge is -1.94. The summed E-state index contributed by atoms with van der Waals surface area (Å²) in [5, 5.41) is 0. The molecule has 0 unspecified atom stereocenters. The number of carbonyl (C=O) groups is 1. The summed E-state index contributed by atoms with van der Waals surface area (Å²) < 4.78 is 0. The molecule has 0 bridgehead atoms. The molecule has 0 spiro atoms. The molecular formula is C13H16O. The molecule has 0 fully saturated rings. The summed E-state index contributed by atoms with van der Waals surface area (Å²) in [6, 6.07) is 7.61. The lowest BCUT2D eigenvalue weighted by atomic mass is 10.1. The molecule has 0 aliphatic carbocycles. The molecule has 1 heteroatoms. The summed E-state index contributed by atoms with van der Waals surface area (Å²) in [4.78, 5) is 10.4. The Morgan fingerprint density at radius 2 is 1.79 bits per heavy atom. The molecule has 1 aromatic carbocycles. The van der Waals surface area contributed by atoms with Gasteiger partial charge < -0.3 is 0 Å². The number of rotatable bonds is 5. The van der Waals surface area contributed by atoms with Crippen LogP contribution < -0.4 is 0 Å². The molecule has 0 heterocycles. The smallest absolute Gasteiger partial charge is 0.150 e. The Balaban J connectivity index is 2.50. The minimum Gasteiger partial charge on any atom is -0.298 e. The van der Waals surface area contributed by atoms with Gasteiger partial charge in [-0.1, -0.05) is 56.2 Å². The number of unbranched alkanes of at least 4 members (excludes halogenated alkanes) is 2. The fraction of sp³-hybridized carbons (Fsp3) is 0.308. The largest absolute Gasteiger partial charge is 0.298 e. The van der Waals surface area contributed by atoms with Crippen molar-refractivity contribution in [2.75, 3.05) is 0 Å². The molecule has 0 radical (unpaired) electrons. The van der Waals surface area contributed by atoms with Crippen LogP contribution in [0.5, 0.6) is 0 Å². The molecule has 1 rings (SSSR count). The fourth-order valence-electron chi connectivity index (χ4n) is 1.23. The van der Waals surface area contributed by atoms with Crippen molar-refractivity contribution >= 4 is 12.4 Å². The first-order valence-electron chi connectivity index (χ1n) is 5.08. The van der Waals surface area contributed by atoms with Gasteiger partial charge in [-0.3, -0.25) is 4.79 Å². The van der Waals surface area contributed by atoms with Crippen LogP contribution in [0.15, 0.2) is 30.3 Å². The molecule has 0 saturated heterocycles. The van der Waals surface area contributed by atoms with Gasteiger partial charge in [-0.15, -0.1) is 0 Å². The van der Waals surface area contributed by atoms with Gasteiger partial charge in [-0.05, 0) is 12.0 Å². The average molecular weight is 188 g/mol. The van der Waals surface area contributed by atoms with E-state index < -0.39 is 0 Å². The summed E-state index contributed by atoms with van der Waals surface area (Å²) in [6.07, 6.45) is 8.75. The summed E-state index contributed by atoms with van der Waals surface area (Å²) in [5.74, 6) is 0. The molecule has 0 aromatic heterocycles. The van der Waals surface area contributed by atoms with Crippen molar-refractivity contribution in [2.24, 2.45) is 0 Å². The number of carbonyl (C=O) groups excluding carboxylic acids is 1. The number of aldehydes is 1. The first-order chi connectivity index (χ1) is 6.86. The predicted molar refractivity (Wildman–Crippen MR) is 60.4 cm³/mol. The molecule has 0 aliphatic heterocycles. The maximum Gasteiger partial charge on any atom is 0.150 e. The normalized spacial score (nSPS) is 10.6. The monoisotopic (exact) mass is 188 g/mol. The minimum absolute atomic E-state index is 0.732. The van der Waals surface area contributed by atoms with E-state index in [2.05, 4.69) is 19.1 Å². The topological polar surface area (TPSA) is 17.1 Å². The molecule has 0 amide bonds. The van der Waals surface area contributed by atoms with E-state index in [4.69, 9.17) is 0 Å². The highest BCUT2D eigenvalue weighted by molar-refractivity contribution is 5.75. The number of hydrogen-bond donors (Lipinski definition) is 0. The molecule has 1 nitrogen and oxygen atoms in total. The maximum atomic E-state index is 10.4. The van der Waals surface area contributed by atoms with E-state index in [9.17, 15) is 4.79 Å². The molecular weight excluding hydrogens is 172 g/mol. The third-order valence-electron chi connectivity index (χ3n) is 2.11. The Hall–Kier alpha value is -1.37. The lowest BCUT2D eigenvalue weighted by molar-refractivity contribution is 0.112. The Morgan fingerprint density at radius 3 is 2.36 bits per heavy atom. The van der Waals surface area contributed by atoms with Crippen molar-refractivity contribution in [1.82, 2.24) is 0 Å². The summed E-state index contributed by atoms with van der Waals surface area (Å²) in [6.45, 7) is 2.19. The van der Waals surface area contributed by atoms with Gasteiger partial charge in [0.05, 0.1) is 0 Å².